The monoisotopic (exact) mass is 337 g/mol. The summed E-state index contributed by atoms with van der Waals surface area (Å²) >= 11 is 0. The summed E-state index contributed by atoms with van der Waals surface area (Å²) in [6, 6.07) is 1.26. The average Bonchev–Trinajstić information content (AvgIpc) is 2.47. The van der Waals surface area contributed by atoms with Gasteiger partial charge in [0.05, 0.1) is 0 Å². The van der Waals surface area contributed by atoms with Crippen LogP contribution in [0.4, 0.5) is 0 Å². The van der Waals surface area contributed by atoms with Crippen molar-refractivity contribution >= 4 is 5.78 Å². The Bertz CT molecular complexity index is 405. The Kier molecular flexibility index (Phi) is 6.86. The molecule has 0 aromatic rings. The molecular formula is C20H39N3O. The second kappa shape index (κ2) is 8.29. The number of likely N-dealkylation sites (N-methyl/N-ethyl adjacent to an activating group) is 1. The molecule has 0 atom stereocenters. The first-order valence-electron chi connectivity index (χ1n) is 9.89. The van der Waals surface area contributed by atoms with Crippen molar-refractivity contribution in [2.75, 3.05) is 46.8 Å². The normalized spacial score (nSPS) is 23.2. The number of hydrogen-bond donors (Lipinski definition) is 0. The van der Waals surface area contributed by atoms with Crippen molar-refractivity contribution < 1.29 is 4.79 Å². The van der Waals surface area contributed by atoms with Gasteiger partial charge >= 0.3 is 0 Å². The lowest BCUT2D eigenvalue weighted by Crippen LogP contribution is -2.61. The zero-order chi connectivity index (χ0) is 17.9. The number of carbonyl (C=O) groups is 1. The van der Waals surface area contributed by atoms with E-state index in [0.29, 0.717) is 23.8 Å². The van der Waals surface area contributed by atoms with Crippen molar-refractivity contribution in [2.45, 2.75) is 65.5 Å². The summed E-state index contributed by atoms with van der Waals surface area (Å²) < 4.78 is 0. The quantitative estimate of drug-likeness (QED) is 0.680. The van der Waals surface area contributed by atoms with E-state index in [1.807, 2.05) is 0 Å². The molecule has 24 heavy (non-hydrogen) atoms. The lowest BCUT2D eigenvalue weighted by molar-refractivity contribution is -0.135. The first kappa shape index (κ1) is 19.9. The molecule has 2 fully saturated rings. The molecule has 0 aromatic heterocycles. The molecule has 2 rings (SSSR count). The zero-order valence-corrected chi connectivity index (χ0v) is 16.8. The smallest absolute Gasteiger partial charge is 0.140 e. The summed E-state index contributed by atoms with van der Waals surface area (Å²) in [5.74, 6) is 1.15. The van der Waals surface area contributed by atoms with E-state index in [0.717, 1.165) is 58.4 Å². The number of rotatable bonds is 8. The van der Waals surface area contributed by atoms with E-state index in [1.54, 1.807) is 0 Å². The van der Waals surface area contributed by atoms with E-state index in [4.69, 9.17) is 0 Å². The van der Waals surface area contributed by atoms with Gasteiger partial charge in [0.25, 0.3) is 0 Å². The second-order valence-electron chi connectivity index (χ2n) is 9.08. The minimum Gasteiger partial charge on any atom is -0.304 e. The summed E-state index contributed by atoms with van der Waals surface area (Å²) in [5, 5.41) is 0. The van der Waals surface area contributed by atoms with E-state index in [9.17, 15) is 4.79 Å². The SMILES string of the molecule is CC(C)CCC(=O)C1(CN2CC(N(C)C)C2)CCN(C(C)C)CC1. The number of piperidine rings is 1. The summed E-state index contributed by atoms with van der Waals surface area (Å²) in [6.45, 7) is 14.4. The molecule has 2 aliphatic heterocycles. The van der Waals surface area contributed by atoms with Crippen molar-refractivity contribution in [3.63, 3.8) is 0 Å². The standard InChI is InChI=1S/C20H39N3O/c1-16(2)7-8-19(24)20(9-11-23(12-10-20)17(3)4)15-22-13-18(14-22)21(5)6/h16-18H,7-15H2,1-6H3. The number of hydrogen-bond acceptors (Lipinski definition) is 4. The van der Waals surface area contributed by atoms with Crippen LogP contribution in [0.15, 0.2) is 0 Å². The Morgan fingerprint density at radius 3 is 2.17 bits per heavy atom. The number of ketones is 1. The van der Waals surface area contributed by atoms with Crippen molar-refractivity contribution in [2.24, 2.45) is 11.3 Å². The topological polar surface area (TPSA) is 26.8 Å². The largest absolute Gasteiger partial charge is 0.304 e. The highest BCUT2D eigenvalue weighted by atomic mass is 16.1. The summed E-state index contributed by atoms with van der Waals surface area (Å²) in [4.78, 5) is 20.5. The molecule has 0 aromatic carbocycles. The minimum atomic E-state index is -0.0858. The molecule has 0 aliphatic carbocycles. The van der Waals surface area contributed by atoms with E-state index in [-0.39, 0.29) is 5.41 Å². The summed E-state index contributed by atoms with van der Waals surface area (Å²) in [5.41, 5.74) is -0.0858. The Hall–Kier alpha value is -0.450. The predicted molar refractivity (Wildman–Crippen MR) is 101 cm³/mol. The van der Waals surface area contributed by atoms with Crippen LogP contribution in [0.3, 0.4) is 0 Å². The Morgan fingerprint density at radius 1 is 1.12 bits per heavy atom. The van der Waals surface area contributed by atoms with Gasteiger partial charge in [-0.1, -0.05) is 13.8 Å². The minimum absolute atomic E-state index is 0.0858. The van der Waals surface area contributed by atoms with Gasteiger partial charge in [-0.3, -0.25) is 9.69 Å². The molecule has 2 saturated heterocycles. The first-order valence-corrected chi connectivity index (χ1v) is 9.89. The van der Waals surface area contributed by atoms with Crippen LogP contribution in [0.25, 0.3) is 0 Å². The Balaban J connectivity index is 1.98. The van der Waals surface area contributed by atoms with Gasteiger partial charge in [0.15, 0.2) is 0 Å². The van der Waals surface area contributed by atoms with Crippen molar-refractivity contribution in [1.29, 1.82) is 0 Å². The van der Waals surface area contributed by atoms with Crippen LogP contribution < -0.4 is 0 Å². The third-order valence-corrected chi connectivity index (χ3v) is 6.22. The lowest BCUT2D eigenvalue weighted by Gasteiger charge is -2.50. The first-order chi connectivity index (χ1) is 11.2. The van der Waals surface area contributed by atoms with Crippen LogP contribution in [0.5, 0.6) is 0 Å². The zero-order valence-electron chi connectivity index (χ0n) is 16.8. The number of likely N-dealkylation sites (tertiary alicyclic amines) is 2. The fraction of sp³-hybridized carbons (Fsp3) is 0.950. The molecular weight excluding hydrogens is 298 g/mol. The van der Waals surface area contributed by atoms with E-state index in [2.05, 4.69) is 56.5 Å². The molecule has 0 N–H and O–H groups in total. The van der Waals surface area contributed by atoms with E-state index >= 15 is 0 Å². The number of Topliss-reactive ketones (excluding diaryl/α,β-unsaturated/α-hetero) is 1. The van der Waals surface area contributed by atoms with Crippen LogP contribution in [0.1, 0.15) is 53.4 Å². The third kappa shape index (κ3) is 4.80. The maximum absolute atomic E-state index is 13.1. The van der Waals surface area contributed by atoms with Crippen LogP contribution in [-0.2, 0) is 4.79 Å². The lowest BCUT2D eigenvalue weighted by atomic mass is 9.72. The van der Waals surface area contributed by atoms with Gasteiger partial charge < -0.3 is 9.80 Å². The molecule has 140 valence electrons. The van der Waals surface area contributed by atoms with Crippen LogP contribution >= 0.6 is 0 Å². The van der Waals surface area contributed by atoms with Gasteiger partial charge in [0, 0.05) is 43.6 Å². The van der Waals surface area contributed by atoms with E-state index < -0.39 is 0 Å². The van der Waals surface area contributed by atoms with Crippen LogP contribution in [0.2, 0.25) is 0 Å². The number of carbonyl (C=O) groups excluding carboxylic acids is 1. The maximum Gasteiger partial charge on any atom is 0.140 e. The second-order valence-corrected chi connectivity index (χ2v) is 9.08. The van der Waals surface area contributed by atoms with Gasteiger partial charge in [-0.05, 0) is 66.2 Å². The molecule has 2 aliphatic rings. The highest BCUT2D eigenvalue weighted by molar-refractivity contribution is 5.85. The molecule has 4 heteroatoms. The van der Waals surface area contributed by atoms with Crippen LogP contribution in [0, 0.1) is 11.3 Å². The van der Waals surface area contributed by atoms with Gasteiger partial charge in [-0.2, -0.15) is 0 Å². The summed E-state index contributed by atoms with van der Waals surface area (Å²) in [6.07, 6.45) is 3.90. The van der Waals surface area contributed by atoms with Crippen molar-refractivity contribution in [3.05, 3.63) is 0 Å². The highest BCUT2D eigenvalue weighted by Gasteiger charge is 2.44. The molecule has 4 nitrogen and oxygen atoms in total. The number of nitrogens with zero attached hydrogens (tertiary/aromatic N) is 3. The Morgan fingerprint density at radius 2 is 1.71 bits per heavy atom. The molecule has 0 spiro atoms. The molecule has 0 saturated carbocycles. The van der Waals surface area contributed by atoms with Gasteiger partial charge in [-0.25, -0.2) is 0 Å². The summed E-state index contributed by atoms with van der Waals surface area (Å²) in [7, 11) is 4.32. The maximum atomic E-state index is 13.1. The van der Waals surface area contributed by atoms with Gasteiger partial charge in [0.2, 0.25) is 0 Å². The van der Waals surface area contributed by atoms with E-state index in [1.165, 1.54) is 0 Å². The highest BCUT2D eigenvalue weighted by Crippen LogP contribution is 2.37. The Labute approximate surface area is 149 Å². The average molecular weight is 338 g/mol. The van der Waals surface area contributed by atoms with Gasteiger partial charge in [-0.15, -0.1) is 0 Å². The predicted octanol–water partition coefficient (Wildman–Crippen LogP) is 2.73. The third-order valence-electron chi connectivity index (χ3n) is 6.22. The van der Waals surface area contributed by atoms with Gasteiger partial charge in [0.1, 0.15) is 5.78 Å². The molecule has 0 unspecified atom stereocenters. The molecule has 0 radical (unpaired) electrons. The molecule has 0 bridgehead atoms. The fourth-order valence-electron chi connectivity index (χ4n) is 4.10. The van der Waals surface area contributed by atoms with Crippen LogP contribution in [-0.4, -0.2) is 79.4 Å². The fourth-order valence-corrected chi connectivity index (χ4v) is 4.10. The molecule has 0 amide bonds. The van der Waals surface area contributed by atoms with Crippen molar-refractivity contribution in [1.82, 2.24) is 14.7 Å². The van der Waals surface area contributed by atoms with Crippen molar-refractivity contribution in [3.8, 4) is 0 Å². The molecule has 2 heterocycles.